The molecule has 0 aliphatic carbocycles. The first kappa shape index (κ1) is 35.5. The molecule has 12 rings (SSSR count). The lowest BCUT2D eigenvalue weighted by molar-refractivity contribution is 1.07. The predicted octanol–water partition coefficient (Wildman–Crippen LogP) is 14.4. The van der Waals surface area contributed by atoms with E-state index in [2.05, 4.69) is 197 Å². The van der Waals surface area contributed by atoms with E-state index >= 15 is 0 Å². The van der Waals surface area contributed by atoms with Gasteiger partial charge in [-0.1, -0.05) is 176 Å². The van der Waals surface area contributed by atoms with Crippen LogP contribution in [-0.2, 0) is 0 Å². The van der Waals surface area contributed by atoms with Gasteiger partial charge in [-0.05, 0) is 70.8 Å². The van der Waals surface area contributed by atoms with Gasteiger partial charge in [0, 0.05) is 49.6 Å². The lowest BCUT2D eigenvalue weighted by Crippen LogP contribution is -2.01. The lowest BCUT2D eigenvalue weighted by Gasteiger charge is -2.12. The average Bonchev–Trinajstić information content (AvgIpc) is 3.87. The molecule has 5 nitrogen and oxygen atoms in total. The van der Waals surface area contributed by atoms with Crippen LogP contribution in [0.15, 0.2) is 224 Å². The zero-order valence-corrected chi connectivity index (χ0v) is 33.6. The van der Waals surface area contributed by atoms with Gasteiger partial charge in [-0.15, -0.1) is 0 Å². The Labute approximate surface area is 358 Å². The summed E-state index contributed by atoms with van der Waals surface area (Å²) < 4.78 is 4.76. The lowest BCUT2D eigenvalue weighted by atomic mass is 9.98. The van der Waals surface area contributed by atoms with Crippen LogP contribution in [0.1, 0.15) is 0 Å². The van der Waals surface area contributed by atoms with Crippen molar-refractivity contribution in [1.82, 2.24) is 24.1 Å². The van der Waals surface area contributed by atoms with Crippen molar-refractivity contribution in [3.8, 4) is 67.8 Å². The second-order valence-electron chi connectivity index (χ2n) is 15.6. The van der Waals surface area contributed by atoms with Gasteiger partial charge in [0.15, 0.2) is 17.5 Å². The van der Waals surface area contributed by atoms with Gasteiger partial charge in [-0.3, -0.25) is 0 Å². The first-order valence-corrected chi connectivity index (χ1v) is 20.9. The van der Waals surface area contributed by atoms with Crippen LogP contribution in [0.2, 0.25) is 0 Å². The Balaban J connectivity index is 1.01. The number of fused-ring (bicyclic) bond motifs is 6. The summed E-state index contributed by atoms with van der Waals surface area (Å²) >= 11 is 0. The van der Waals surface area contributed by atoms with E-state index < -0.39 is 0 Å². The highest BCUT2D eigenvalue weighted by Crippen LogP contribution is 2.41. The number of benzene rings is 9. The number of rotatable bonds is 7. The Hall–Kier alpha value is -8.41. The van der Waals surface area contributed by atoms with Crippen LogP contribution in [0.3, 0.4) is 0 Å². The molecule has 0 spiro atoms. The second kappa shape index (κ2) is 14.7. The standard InChI is InChI=1S/C57H37N5/c1-4-16-38(17-5-1)39-30-32-41(33-31-39)56-58-55(40-18-6-2-7-19-40)59-57(60-56)43-20-14-23-45(36-43)62-51-28-13-11-25-49(51)54-46(26-15-29-52(54)62)42-34-35-48-47-24-10-12-27-50(47)61(53(48)37-42)44-21-8-3-9-22-44/h1-37H. The first-order chi connectivity index (χ1) is 30.7. The van der Waals surface area contributed by atoms with Gasteiger partial charge in [0.05, 0.1) is 22.1 Å². The van der Waals surface area contributed by atoms with Crippen molar-refractivity contribution >= 4 is 43.6 Å². The monoisotopic (exact) mass is 791 g/mol. The van der Waals surface area contributed by atoms with E-state index in [0.29, 0.717) is 17.5 Å². The maximum atomic E-state index is 5.14. The molecule has 0 amide bonds. The van der Waals surface area contributed by atoms with Gasteiger partial charge < -0.3 is 9.13 Å². The van der Waals surface area contributed by atoms with E-state index in [4.69, 9.17) is 15.0 Å². The molecular weight excluding hydrogens is 755 g/mol. The number of hydrogen-bond donors (Lipinski definition) is 0. The van der Waals surface area contributed by atoms with Crippen molar-refractivity contribution in [2.24, 2.45) is 0 Å². The summed E-state index contributed by atoms with van der Waals surface area (Å²) in [4.78, 5) is 15.3. The fourth-order valence-corrected chi connectivity index (χ4v) is 9.11. The summed E-state index contributed by atoms with van der Waals surface area (Å²) in [6.45, 7) is 0. The van der Waals surface area contributed by atoms with Gasteiger partial charge in [0.2, 0.25) is 0 Å². The molecule has 0 atom stereocenters. The quantitative estimate of drug-likeness (QED) is 0.162. The van der Waals surface area contributed by atoms with Gasteiger partial charge in [-0.25, -0.2) is 15.0 Å². The molecule has 290 valence electrons. The van der Waals surface area contributed by atoms with E-state index in [1.807, 2.05) is 36.4 Å². The van der Waals surface area contributed by atoms with Crippen LogP contribution in [0.4, 0.5) is 0 Å². The van der Waals surface area contributed by atoms with Crippen LogP contribution in [0.25, 0.3) is 111 Å². The van der Waals surface area contributed by atoms with E-state index in [1.165, 1.54) is 49.3 Å². The Bertz CT molecular complexity index is 3610. The molecule has 0 aliphatic rings. The van der Waals surface area contributed by atoms with Crippen LogP contribution >= 0.6 is 0 Å². The van der Waals surface area contributed by atoms with Crippen molar-refractivity contribution in [2.75, 3.05) is 0 Å². The number of para-hydroxylation sites is 3. The minimum absolute atomic E-state index is 0.617. The topological polar surface area (TPSA) is 48.5 Å². The molecule has 0 radical (unpaired) electrons. The Morgan fingerprint density at radius 2 is 0.710 bits per heavy atom. The predicted molar refractivity (Wildman–Crippen MR) is 256 cm³/mol. The molecule has 0 aliphatic heterocycles. The largest absolute Gasteiger partial charge is 0.309 e. The highest BCUT2D eigenvalue weighted by atomic mass is 15.0. The fraction of sp³-hybridized carbons (Fsp3) is 0. The molecule has 0 saturated heterocycles. The summed E-state index contributed by atoms with van der Waals surface area (Å²) in [6.07, 6.45) is 0. The molecule has 5 heteroatoms. The molecule has 62 heavy (non-hydrogen) atoms. The maximum absolute atomic E-state index is 5.14. The van der Waals surface area contributed by atoms with Crippen molar-refractivity contribution in [3.05, 3.63) is 224 Å². The summed E-state index contributed by atoms with van der Waals surface area (Å²) in [5, 5.41) is 4.89. The van der Waals surface area contributed by atoms with Gasteiger partial charge >= 0.3 is 0 Å². The zero-order valence-electron chi connectivity index (χ0n) is 33.6. The summed E-state index contributed by atoms with van der Waals surface area (Å²) in [5.74, 6) is 1.88. The number of aromatic nitrogens is 5. The van der Waals surface area contributed by atoms with E-state index in [-0.39, 0.29) is 0 Å². The average molecular weight is 792 g/mol. The maximum Gasteiger partial charge on any atom is 0.164 e. The minimum atomic E-state index is 0.617. The molecule has 0 fully saturated rings. The van der Waals surface area contributed by atoms with Crippen molar-refractivity contribution in [1.29, 1.82) is 0 Å². The molecule has 0 bridgehead atoms. The minimum Gasteiger partial charge on any atom is -0.309 e. The van der Waals surface area contributed by atoms with Crippen LogP contribution in [-0.4, -0.2) is 24.1 Å². The van der Waals surface area contributed by atoms with Gasteiger partial charge in [0.25, 0.3) is 0 Å². The third kappa shape index (κ3) is 5.98. The number of hydrogen-bond acceptors (Lipinski definition) is 3. The van der Waals surface area contributed by atoms with Gasteiger partial charge in [0.1, 0.15) is 0 Å². The molecule has 0 saturated carbocycles. The summed E-state index contributed by atoms with van der Waals surface area (Å²) in [5.41, 5.74) is 14.3. The van der Waals surface area contributed by atoms with Crippen LogP contribution < -0.4 is 0 Å². The van der Waals surface area contributed by atoms with Crippen molar-refractivity contribution in [3.63, 3.8) is 0 Å². The highest BCUT2D eigenvalue weighted by molar-refractivity contribution is 6.17. The molecule has 9 aromatic carbocycles. The number of nitrogens with zero attached hydrogens (tertiary/aromatic N) is 5. The van der Waals surface area contributed by atoms with Crippen molar-refractivity contribution < 1.29 is 0 Å². The van der Waals surface area contributed by atoms with Crippen LogP contribution in [0.5, 0.6) is 0 Å². The summed E-state index contributed by atoms with van der Waals surface area (Å²) in [7, 11) is 0. The fourth-order valence-electron chi connectivity index (χ4n) is 9.11. The third-order valence-electron chi connectivity index (χ3n) is 12.0. The van der Waals surface area contributed by atoms with Crippen LogP contribution in [0, 0.1) is 0 Å². The first-order valence-electron chi connectivity index (χ1n) is 20.9. The van der Waals surface area contributed by atoms with E-state index in [0.717, 1.165) is 44.7 Å². The smallest absolute Gasteiger partial charge is 0.164 e. The Kier molecular flexibility index (Phi) is 8.42. The normalized spacial score (nSPS) is 11.5. The molecule has 12 aromatic rings. The van der Waals surface area contributed by atoms with E-state index in [9.17, 15) is 0 Å². The zero-order chi connectivity index (χ0) is 41.0. The molecule has 0 unspecified atom stereocenters. The Morgan fingerprint density at radius 3 is 1.44 bits per heavy atom. The molecule has 0 N–H and O–H groups in total. The molecule has 3 aromatic heterocycles. The third-order valence-corrected chi connectivity index (χ3v) is 12.0. The molecule has 3 heterocycles. The second-order valence-corrected chi connectivity index (χ2v) is 15.6. The summed E-state index contributed by atoms with van der Waals surface area (Å²) in [6, 6.07) is 79.3. The molecular formula is C57H37N5. The Morgan fingerprint density at radius 1 is 0.258 bits per heavy atom. The van der Waals surface area contributed by atoms with Gasteiger partial charge in [-0.2, -0.15) is 0 Å². The SMILES string of the molecule is c1ccc(-c2ccc(-c3nc(-c4ccccc4)nc(-c4cccc(-n5c6ccccc6c6c(-c7ccc8c9ccccc9n(-c9ccccc9)c8c7)cccc65)c4)n3)cc2)cc1. The highest BCUT2D eigenvalue weighted by Gasteiger charge is 2.20. The van der Waals surface area contributed by atoms with E-state index in [1.54, 1.807) is 0 Å². The van der Waals surface area contributed by atoms with Crippen molar-refractivity contribution in [2.45, 2.75) is 0 Å².